The van der Waals surface area contributed by atoms with Crippen molar-refractivity contribution in [2.45, 2.75) is 30.3 Å². The van der Waals surface area contributed by atoms with Gasteiger partial charge >= 0.3 is 5.97 Å². The van der Waals surface area contributed by atoms with Gasteiger partial charge in [0.05, 0.1) is 22.8 Å². The van der Waals surface area contributed by atoms with Crippen LogP contribution in [0.5, 0.6) is 0 Å². The number of ether oxygens (including phenoxy) is 1. The lowest BCUT2D eigenvalue weighted by Crippen LogP contribution is -2.50. The summed E-state index contributed by atoms with van der Waals surface area (Å²) in [5.74, 6) is -1.57. The number of halogens is 2. The zero-order valence-electron chi connectivity index (χ0n) is 19.2. The molecular weight excluding hydrogens is 460 g/mol. The van der Waals surface area contributed by atoms with Crippen molar-refractivity contribution in [1.82, 2.24) is 9.47 Å². The highest BCUT2D eigenvalue weighted by atomic mass is 32.2. The maximum Gasteiger partial charge on any atom is 0.344 e. The highest BCUT2D eigenvalue weighted by molar-refractivity contribution is 8.00. The smallest absolute Gasteiger partial charge is 0.344 e. The summed E-state index contributed by atoms with van der Waals surface area (Å²) in [5, 5.41) is 0.328. The van der Waals surface area contributed by atoms with Crippen LogP contribution >= 0.6 is 11.8 Å². The minimum absolute atomic E-state index is 0.0851. The van der Waals surface area contributed by atoms with E-state index in [9.17, 15) is 14.0 Å². The molecule has 1 fully saturated rings. The molecule has 0 aliphatic carbocycles. The molecule has 0 saturated carbocycles. The van der Waals surface area contributed by atoms with Crippen LogP contribution in [0, 0.1) is 11.6 Å². The number of esters is 1. The van der Waals surface area contributed by atoms with Crippen LogP contribution in [0.15, 0.2) is 46.2 Å². The van der Waals surface area contributed by atoms with E-state index in [1.807, 2.05) is 16.5 Å². The first-order chi connectivity index (χ1) is 16.3. The van der Waals surface area contributed by atoms with Gasteiger partial charge in [-0.15, -0.1) is 0 Å². The van der Waals surface area contributed by atoms with Crippen molar-refractivity contribution in [2.24, 2.45) is 0 Å². The van der Waals surface area contributed by atoms with Crippen LogP contribution in [0.2, 0.25) is 0 Å². The summed E-state index contributed by atoms with van der Waals surface area (Å²) in [6.45, 7) is 6.00. The number of likely N-dealkylation sites (N-methyl/N-ethyl adjacent to an activating group) is 1. The molecule has 9 heteroatoms. The molecule has 5 rings (SSSR count). The predicted octanol–water partition coefficient (Wildman–Crippen LogP) is 4.25. The number of carbonyl (C=O) groups excluding carboxylic acids is 1. The van der Waals surface area contributed by atoms with E-state index in [-0.39, 0.29) is 34.8 Å². The summed E-state index contributed by atoms with van der Waals surface area (Å²) >= 11 is 1.34. The maximum absolute atomic E-state index is 15.3. The quantitative estimate of drug-likeness (QED) is 0.515. The Balaban J connectivity index is 1.71. The van der Waals surface area contributed by atoms with E-state index in [0.29, 0.717) is 29.3 Å². The van der Waals surface area contributed by atoms with Crippen LogP contribution < -0.4 is 10.3 Å². The second kappa shape index (κ2) is 8.70. The first kappa shape index (κ1) is 22.9. The fourth-order valence-corrected chi connectivity index (χ4v) is 5.87. The number of pyridine rings is 1. The Labute approximate surface area is 200 Å². The zero-order valence-corrected chi connectivity index (χ0v) is 20.0. The number of hydrogen-bond donors (Lipinski definition) is 0. The van der Waals surface area contributed by atoms with Crippen LogP contribution in [0.3, 0.4) is 0 Å². The van der Waals surface area contributed by atoms with Gasteiger partial charge in [-0.25, -0.2) is 13.6 Å². The minimum atomic E-state index is -0.722. The SMILES string of the molecule is CCOC(=O)c1c2n(c3cc(N4CCN(C)C(C)C4)c(F)cc3c1=O)C(c1ccc(F)cc1)S2. The molecule has 2 atom stereocenters. The Morgan fingerprint density at radius 1 is 1.18 bits per heavy atom. The molecule has 0 amide bonds. The maximum atomic E-state index is 15.3. The van der Waals surface area contributed by atoms with Crippen molar-refractivity contribution in [3.63, 3.8) is 0 Å². The Morgan fingerprint density at radius 3 is 2.59 bits per heavy atom. The minimum Gasteiger partial charge on any atom is -0.462 e. The standard InChI is InChI=1S/C25H25F2N3O3S/c1-4-33-25(32)21-22(31)17-11-18(27)20(29-10-9-28(3)14(2)13-29)12-19(17)30-23(34-24(21)30)15-5-7-16(26)8-6-15/h5-8,11-12,14,23H,4,9-10,13H2,1-3H3. The molecule has 3 heterocycles. The molecule has 0 radical (unpaired) electrons. The van der Waals surface area contributed by atoms with Gasteiger partial charge < -0.3 is 19.1 Å². The number of carbonyl (C=O) groups is 1. The van der Waals surface area contributed by atoms with Gasteiger partial charge in [-0.1, -0.05) is 23.9 Å². The van der Waals surface area contributed by atoms with Crippen LogP contribution in [0.25, 0.3) is 10.9 Å². The number of rotatable bonds is 4. The topological polar surface area (TPSA) is 54.8 Å². The largest absolute Gasteiger partial charge is 0.462 e. The Kier molecular flexibility index (Phi) is 5.85. The molecule has 0 spiro atoms. The lowest BCUT2D eigenvalue weighted by molar-refractivity contribution is 0.0518. The highest BCUT2D eigenvalue weighted by Gasteiger charge is 2.37. The van der Waals surface area contributed by atoms with Crippen molar-refractivity contribution in [2.75, 3.05) is 38.2 Å². The Bertz CT molecular complexity index is 1340. The molecule has 1 saturated heterocycles. The first-order valence-corrected chi connectivity index (χ1v) is 12.1. The van der Waals surface area contributed by atoms with E-state index in [0.717, 1.165) is 12.1 Å². The van der Waals surface area contributed by atoms with Crippen molar-refractivity contribution in [3.05, 3.63) is 69.4 Å². The molecule has 6 nitrogen and oxygen atoms in total. The van der Waals surface area contributed by atoms with Gasteiger partial charge in [0.2, 0.25) is 5.43 Å². The number of fused-ring (bicyclic) bond motifs is 3. The average Bonchev–Trinajstić information content (AvgIpc) is 2.79. The van der Waals surface area contributed by atoms with Crippen molar-refractivity contribution in [3.8, 4) is 0 Å². The fourth-order valence-electron chi connectivity index (χ4n) is 4.59. The van der Waals surface area contributed by atoms with E-state index in [1.54, 1.807) is 25.1 Å². The monoisotopic (exact) mass is 485 g/mol. The lowest BCUT2D eigenvalue weighted by atomic mass is 10.1. The van der Waals surface area contributed by atoms with Crippen LogP contribution in [-0.4, -0.2) is 54.8 Å². The second-order valence-electron chi connectivity index (χ2n) is 8.72. The molecule has 34 heavy (non-hydrogen) atoms. The molecule has 2 aliphatic rings. The number of thioether (sulfide) groups is 1. The Morgan fingerprint density at radius 2 is 1.91 bits per heavy atom. The first-order valence-electron chi connectivity index (χ1n) is 11.3. The number of piperazine rings is 1. The number of aromatic nitrogens is 1. The van der Waals surface area contributed by atoms with E-state index in [1.165, 1.54) is 30.0 Å². The molecule has 178 valence electrons. The molecule has 2 unspecified atom stereocenters. The molecule has 2 aromatic carbocycles. The van der Waals surface area contributed by atoms with Gasteiger partial charge in [-0.05, 0) is 50.7 Å². The Hall–Kier alpha value is -2.91. The molecule has 0 N–H and O–H groups in total. The van der Waals surface area contributed by atoms with Gasteiger partial charge in [0.1, 0.15) is 22.6 Å². The van der Waals surface area contributed by atoms with Crippen molar-refractivity contribution >= 4 is 34.3 Å². The van der Waals surface area contributed by atoms with Crippen LogP contribution in [0.4, 0.5) is 14.5 Å². The number of benzene rings is 2. The van der Waals surface area contributed by atoms with E-state index in [4.69, 9.17) is 4.74 Å². The van der Waals surface area contributed by atoms with E-state index in [2.05, 4.69) is 11.8 Å². The predicted molar refractivity (Wildman–Crippen MR) is 129 cm³/mol. The number of hydrogen-bond acceptors (Lipinski definition) is 6. The summed E-state index contributed by atoms with van der Waals surface area (Å²) in [7, 11) is 2.04. The van der Waals surface area contributed by atoms with Gasteiger partial charge in [0, 0.05) is 31.1 Å². The van der Waals surface area contributed by atoms with Crippen LogP contribution in [-0.2, 0) is 4.74 Å². The van der Waals surface area contributed by atoms with Crippen molar-refractivity contribution < 1.29 is 18.3 Å². The van der Waals surface area contributed by atoms with Gasteiger partial charge in [0.25, 0.3) is 0 Å². The third-order valence-electron chi connectivity index (χ3n) is 6.62. The van der Waals surface area contributed by atoms with Gasteiger partial charge in [-0.2, -0.15) is 0 Å². The number of nitrogens with zero attached hydrogens (tertiary/aromatic N) is 3. The second-order valence-corrected chi connectivity index (χ2v) is 9.79. The summed E-state index contributed by atoms with van der Waals surface area (Å²) in [6.07, 6.45) is 0. The molecular formula is C25H25F2N3O3S. The van der Waals surface area contributed by atoms with Crippen molar-refractivity contribution in [1.29, 1.82) is 0 Å². The average molecular weight is 486 g/mol. The third-order valence-corrected chi connectivity index (χ3v) is 7.95. The zero-order chi connectivity index (χ0) is 24.1. The summed E-state index contributed by atoms with van der Waals surface area (Å²) in [5.41, 5.74) is 1.17. The van der Waals surface area contributed by atoms with Gasteiger partial charge in [0.15, 0.2) is 0 Å². The summed E-state index contributed by atoms with van der Waals surface area (Å²) < 4.78 is 35.9. The highest BCUT2D eigenvalue weighted by Crippen LogP contribution is 2.50. The molecule has 2 aliphatic heterocycles. The van der Waals surface area contributed by atoms with E-state index >= 15 is 4.39 Å². The molecule has 1 aromatic heterocycles. The third kappa shape index (κ3) is 3.67. The normalized spacial score (nSPS) is 20.2. The lowest BCUT2D eigenvalue weighted by Gasteiger charge is -2.40. The molecule has 3 aromatic rings. The molecule has 0 bridgehead atoms. The van der Waals surface area contributed by atoms with Crippen LogP contribution in [0.1, 0.15) is 35.1 Å². The van der Waals surface area contributed by atoms with Gasteiger partial charge in [-0.3, -0.25) is 4.79 Å². The summed E-state index contributed by atoms with van der Waals surface area (Å²) in [6, 6.07) is 9.30. The fraction of sp³-hybridized carbons (Fsp3) is 0.360. The number of anilines is 1. The van der Waals surface area contributed by atoms with E-state index < -0.39 is 17.2 Å². The summed E-state index contributed by atoms with van der Waals surface area (Å²) in [4.78, 5) is 30.2.